The first kappa shape index (κ1) is 19.3. The van der Waals surface area contributed by atoms with Gasteiger partial charge in [-0.15, -0.1) is 24.0 Å². The monoisotopic (exact) mass is 357 g/mol. The molecule has 0 aromatic carbocycles. The molecule has 2 N–H and O–H groups in total. The maximum Gasteiger partial charge on any atom is 0.191 e. The molecule has 17 heavy (non-hydrogen) atoms. The van der Waals surface area contributed by atoms with E-state index in [2.05, 4.69) is 36.4 Å². The van der Waals surface area contributed by atoms with Gasteiger partial charge in [0, 0.05) is 32.3 Å². The number of halogens is 1. The van der Waals surface area contributed by atoms with Crippen LogP contribution in [0.15, 0.2) is 4.99 Å². The minimum atomic E-state index is 0. The number of aliphatic imine (C=N–C) groups is 1. The third kappa shape index (κ3) is 12.2. The second-order valence-corrected chi connectivity index (χ2v) is 3.76. The number of rotatable bonds is 8. The summed E-state index contributed by atoms with van der Waals surface area (Å²) in [7, 11) is 0. The van der Waals surface area contributed by atoms with Crippen molar-refractivity contribution < 1.29 is 4.74 Å². The lowest BCUT2D eigenvalue weighted by Gasteiger charge is -2.16. The Bertz CT molecular complexity index is 189. The minimum absolute atomic E-state index is 0. The minimum Gasteiger partial charge on any atom is -0.382 e. The summed E-state index contributed by atoms with van der Waals surface area (Å²) in [6, 6.07) is 0.463. The summed E-state index contributed by atoms with van der Waals surface area (Å²) in [5.41, 5.74) is 0. The smallest absolute Gasteiger partial charge is 0.191 e. The molecule has 0 amide bonds. The van der Waals surface area contributed by atoms with E-state index >= 15 is 0 Å². The predicted molar refractivity (Wildman–Crippen MR) is 85.4 cm³/mol. The highest BCUT2D eigenvalue weighted by atomic mass is 127. The number of hydrogen-bond acceptors (Lipinski definition) is 2. The van der Waals surface area contributed by atoms with Crippen LogP contribution in [-0.2, 0) is 4.74 Å². The Morgan fingerprint density at radius 1 is 1.29 bits per heavy atom. The van der Waals surface area contributed by atoms with Gasteiger partial charge in [-0.25, -0.2) is 0 Å². The molecule has 0 saturated carbocycles. The molecule has 0 fully saturated rings. The van der Waals surface area contributed by atoms with Gasteiger partial charge < -0.3 is 15.4 Å². The first-order valence-corrected chi connectivity index (χ1v) is 6.37. The van der Waals surface area contributed by atoms with Crippen LogP contribution in [0.5, 0.6) is 0 Å². The third-order valence-corrected chi connectivity index (χ3v) is 2.26. The van der Waals surface area contributed by atoms with Crippen molar-refractivity contribution in [1.29, 1.82) is 0 Å². The van der Waals surface area contributed by atoms with Crippen molar-refractivity contribution in [3.8, 4) is 0 Å². The van der Waals surface area contributed by atoms with Crippen molar-refractivity contribution in [3.63, 3.8) is 0 Å². The average molecular weight is 357 g/mol. The number of nitrogens with one attached hydrogen (secondary N) is 2. The van der Waals surface area contributed by atoms with Gasteiger partial charge in [0.15, 0.2) is 5.96 Å². The maximum absolute atomic E-state index is 5.27. The lowest BCUT2D eigenvalue weighted by Crippen LogP contribution is -2.42. The summed E-state index contributed by atoms with van der Waals surface area (Å²) in [4.78, 5) is 4.49. The van der Waals surface area contributed by atoms with Gasteiger partial charge in [-0.05, 0) is 33.6 Å². The van der Waals surface area contributed by atoms with Crippen LogP contribution in [0.3, 0.4) is 0 Å². The quantitative estimate of drug-likeness (QED) is 0.304. The van der Waals surface area contributed by atoms with E-state index in [-0.39, 0.29) is 24.0 Å². The molecule has 0 aliphatic rings. The SMILES string of the molecule is CCNC(=NCCCOCC)NC(C)CC.I. The molecule has 104 valence electrons. The fourth-order valence-corrected chi connectivity index (χ4v) is 1.16. The highest BCUT2D eigenvalue weighted by Gasteiger charge is 2.01. The zero-order chi connectivity index (χ0) is 12.2. The van der Waals surface area contributed by atoms with E-state index in [9.17, 15) is 0 Å². The summed E-state index contributed by atoms with van der Waals surface area (Å²) in [6.07, 6.45) is 2.08. The van der Waals surface area contributed by atoms with E-state index in [1.54, 1.807) is 0 Å². The van der Waals surface area contributed by atoms with Crippen LogP contribution < -0.4 is 10.6 Å². The molecule has 0 aromatic heterocycles. The average Bonchev–Trinajstić information content (AvgIpc) is 2.28. The largest absolute Gasteiger partial charge is 0.382 e. The first-order valence-electron chi connectivity index (χ1n) is 6.37. The van der Waals surface area contributed by atoms with E-state index in [0.29, 0.717) is 6.04 Å². The zero-order valence-corrected chi connectivity index (χ0v) is 13.9. The van der Waals surface area contributed by atoms with E-state index in [1.807, 2.05) is 6.92 Å². The second kappa shape index (κ2) is 14.0. The van der Waals surface area contributed by atoms with Crippen LogP contribution in [0.1, 0.15) is 40.5 Å². The van der Waals surface area contributed by atoms with Crippen LogP contribution in [0.4, 0.5) is 0 Å². The first-order chi connectivity index (χ1) is 7.74. The van der Waals surface area contributed by atoms with Gasteiger partial charge in [0.1, 0.15) is 0 Å². The number of hydrogen-bond donors (Lipinski definition) is 2. The van der Waals surface area contributed by atoms with Crippen LogP contribution in [-0.4, -0.2) is 38.3 Å². The summed E-state index contributed by atoms with van der Waals surface area (Å²) in [5.74, 6) is 0.911. The van der Waals surface area contributed by atoms with Crippen molar-refractivity contribution in [2.75, 3.05) is 26.3 Å². The van der Waals surface area contributed by atoms with Gasteiger partial charge in [0.25, 0.3) is 0 Å². The molecule has 0 heterocycles. The molecular weight excluding hydrogens is 329 g/mol. The topological polar surface area (TPSA) is 45.7 Å². The lowest BCUT2D eigenvalue weighted by atomic mass is 10.3. The van der Waals surface area contributed by atoms with E-state index in [4.69, 9.17) is 4.74 Å². The Hall–Kier alpha value is -0.0400. The highest BCUT2D eigenvalue weighted by molar-refractivity contribution is 14.0. The van der Waals surface area contributed by atoms with Gasteiger partial charge in [0.05, 0.1) is 0 Å². The Morgan fingerprint density at radius 3 is 2.53 bits per heavy atom. The van der Waals surface area contributed by atoms with Crippen LogP contribution in [0.2, 0.25) is 0 Å². The number of ether oxygens (including phenoxy) is 1. The summed E-state index contributed by atoms with van der Waals surface area (Å²) in [6.45, 7) is 11.7. The number of guanidine groups is 1. The lowest BCUT2D eigenvalue weighted by molar-refractivity contribution is 0.146. The fraction of sp³-hybridized carbons (Fsp3) is 0.917. The summed E-state index contributed by atoms with van der Waals surface area (Å²) >= 11 is 0. The molecule has 0 saturated heterocycles. The Kier molecular flexibility index (Phi) is 15.9. The number of nitrogens with zero attached hydrogens (tertiary/aromatic N) is 1. The Morgan fingerprint density at radius 2 is 2.00 bits per heavy atom. The van der Waals surface area contributed by atoms with E-state index < -0.39 is 0 Å². The summed E-state index contributed by atoms with van der Waals surface area (Å²) in [5, 5.41) is 6.59. The van der Waals surface area contributed by atoms with Gasteiger partial charge in [-0.2, -0.15) is 0 Å². The molecule has 0 aliphatic carbocycles. The highest BCUT2D eigenvalue weighted by Crippen LogP contribution is 1.89. The molecule has 0 bridgehead atoms. The van der Waals surface area contributed by atoms with Gasteiger partial charge in [0.2, 0.25) is 0 Å². The molecule has 1 atom stereocenters. The van der Waals surface area contributed by atoms with Crippen LogP contribution in [0.25, 0.3) is 0 Å². The molecule has 0 aromatic rings. The van der Waals surface area contributed by atoms with Gasteiger partial charge >= 0.3 is 0 Å². The van der Waals surface area contributed by atoms with Crippen LogP contribution in [0, 0.1) is 0 Å². The molecule has 0 radical (unpaired) electrons. The Balaban J connectivity index is 0. The molecule has 1 unspecified atom stereocenters. The molecular formula is C12H28IN3O. The van der Waals surface area contributed by atoms with Crippen LogP contribution >= 0.6 is 24.0 Å². The second-order valence-electron chi connectivity index (χ2n) is 3.76. The van der Waals surface area contributed by atoms with Crippen molar-refractivity contribution in [2.45, 2.75) is 46.6 Å². The Labute approximate surface area is 123 Å². The maximum atomic E-state index is 5.27. The third-order valence-electron chi connectivity index (χ3n) is 2.26. The summed E-state index contributed by atoms with van der Waals surface area (Å²) < 4.78 is 5.27. The molecule has 5 heteroatoms. The van der Waals surface area contributed by atoms with E-state index in [0.717, 1.165) is 45.1 Å². The standard InChI is InChI=1S/C12H27N3O.HI/c1-5-11(4)15-12(13-6-2)14-9-8-10-16-7-3;/h11H,5-10H2,1-4H3,(H2,13,14,15);1H. The fourth-order valence-electron chi connectivity index (χ4n) is 1.16. The van der Waals surface area contributed by atoms with E-state index in [1.165, 1.54) is 0 Å². The van der Waals surface area contributed by atoms with Crippen molar-refractivity contribution >= 4 is 29.9 Å². The zero-order valence-electron chi connectivity index (χ0n) is 11.6. The molecule has 0 spiro atoms. The van der Waals surface area contributed by atoms with Gasteiger partial charge in [-0.3, -0.25) is 4.99 Å². The predicted octanol–water partition coefficient (Wildman–Crippen LogP) is 2.38. The van der Waals surface area contributed by atoms with Crippen molar-refractivity contribution in [1.82, 2.24) is 10.6 Å². The van der Waals surface area contributed by atoms with Crippen molar-refractivity contribution in [2.24, 2.45) is 4.99 Å². The molecule has 0 aliphatic heterocycles. The van der Waals surface area contributed by atoms with Crippen molar-refractivity contribution in [3.05, 3.63) is 0 Å². The molecule has 4 nitrogen and oxygen atoms in total. The molecule has 0 rings (SSSR count). The van der Waals surface area contributed by atoms with Gasteiger partial charge in [-0.1, -0.05) is 6.92 Å². The normalized spacial score (nSPS) is 12.8.